The second kappa shape index (κ2) is 8.43. The molecule has 0 aliphatic heterocycles. The fourth-order valence-electron chi connectivity index (χ4n) is 2.26. The number of hydrogen-bond donors (Lipinski definition) is 3. The molecule has 0 aliphatic rings. The SMILES string of the molecule is Nc1ccccc1NC(=O)/C=C/c1ccc(NCc2ccncc2)nc1. The fraction of sp³-hybridized carbons (Fsp3) is 0.0500. The highest BCUT2D eigenvalue weighted by atomic mass is 16.1. The lowest BCUT2D eigenvalue weighted by atomic mass is 10.2. The van der Waals surface area contributed by atoms with Crippen LogP contribution in [0.4, 0.5) is 17.2 Å². The summed E-state index contributed by atoms with van der Waals surface area (Å²) in [6.07, 6.45) is 8.37. The van der Waals surface area contributed by atoms with E-state index in [2.05, 4.69) is 20.6 Å². The first kappa shape index (κ1) is 17.2. The maximum Gasteiger partial charge on any atom is 0.248 e. The van der Waals surface area contributed by atoms with E-state index in [1.54, 1.807) is 36.8 Å². The topological polar surface area (TPSA) is 92.9 Å². The molecular formula is C20H19N5O. The van der Waals surface area contributed by atoms with Crippen LogP contribution >= 0.6 is 0 Å². The number of nitrogens with one attached hydrogen (secondary N) is 2. The molecule has 2 heterocycles. The van der Waals surface area contributed by atoms with Gasteiger partial charge in [-0.1, -0.05) is 12.1 Å². The van der Waals surface area contributed by atoms with Crippen LogP contribution in [0.2, 0.25) is 0 Å². The van der Waals surface area contributed by atoms with Crippen molar-refractivity contribution in [2.75, 3.05) is 16.4 Å². The summed E-state index contributed by atoms with van der Waals surface area (Å²) in [4.78, 5) is 20.3. The van der Waals surface area contributed by atoms with Crippen molar-refractivity contribution in [1.82, 2.24) is 9.97 Å². The summed E-state index contributed by atoms with van der Waals surface area (Å²) in [5, 5.41) is 5.98. The zero-order chi connectivity index (χ0) is 18.2. The molecule has 0 atom stereocenters. The summed E-state index contributed by atoms with van der Waals surface area (Å²) in [5.74, 6) is 0.517. The number of hydrogen-bond acceptors (Lipinski definition) is 5. The minimum absolute atomic E-state index is 0.247. The highest BCUT2D eigenvalue weighted by molar-refractivity contribution is 6.03. The molecule has 0 saturated heterocycles. The van der Waals surface area contributed by atoms with Crippen LogP contribution in [0.15, 0.2) is 73.2 Å². The van der Waals surface area contributed by atoms with Gasteiger partial charge in [0.25, 0.3) is 0 Å². The lowest BCUT2D eigenvalue weighted by molar-refractivity contribution is -0.111. The maximum absolute atomic E-state index is 12.0. The van der Waals surface area contributed by atoms with Crippen molar-refractivity contribution in [1.29, 1.82) is 0 Å². The number of para-hydroxylation sites is 2. The van der Waals surface area contributed by atoms with E-state index in [9.17, 15) is 4.79 Å². The number of carbonyl (C=O) groups is 1. The van der Waals surface area contributed by atoms with Crippen LogP contribution in [0.25, 0.3) is 6.08 Å². The molecule has 0 unspecified atom stereocenters. The van der Waals surface area contributed by atoms with Gasteiger partial charge in [-0.3, -0.25) is 9.78 Å². The molecule has 3 rings (SSSR count). The van der Waals surface area contributed by atoms with Gasteiger partial charge < -0.3 is 16.4 Å². The van der Waals surface area contributed by atoms with E-state index in [4.69, 9.17) is 5.73 Å². The van der Waals surface area contributed by atoms with Crippen LogP contribution < -0.4 is 16.4 Å². The Bertz CT molecular complexity index is 892. The molecule has 0 aliphatic carbocycles. The zero-order valence-corrected chi connectivity index (χ0v) is 14.1. The lowest BCUT2D eigenvalue weighted by Crippen LogP contribution is -2.09. The minimum Gasteiger partial charge on any atom is -0.397 e. The first-order valence-electron chi connectivity index (χ1n) is 8.13. The lowest BCUT2D eigenvalue weighted by Gasteiger charge is -2.06. The van der Waals surface area contributed by atoms with Crippen molar-refractivity contribution < 1.29 is 4.79 Å². The average molecular weight is 345 g/mol. The van der Waals surface area contributed by atoms with Gasteiger partial charge in [0.1, 0.15) is 5.82 Å². The Kier molecular flexibility index (Phi) is 5.57. The number of benzene rings is 1. The van der Waals surface area contributed by atoms with Crippen LogP contribution in [-0.4, -0.2) is 15.9 Å². The van der Waals surface area contributed by atoms with Crippen molar-refractivity contribution in [3.63, 3.8) is 0 Å². The summed E-state index contributed by atoms with van der Waals surface area (Å²) in [5.41, 5.74) is 8.88. The van der Waals surface area contributed by atoms with Crippen molar-refractivity contribution >= 4 is 29.2 Å². The zero-order valence-electron chi connectivity index (χ0n) is 14.1. The standard InChI is InChI=1S/C20H19N5O/c21-17-3-1-2-4-18(17)25-20(26)8-6-15-5-7-19(23-13-15)24-14-16-9-11-22-12-10-16/h1-13H,14,21H2,(H,23,24)(H,25,26)/b8-6+. The number of carbonyl (C=O) groups excluding carboxylic acids is 1. The molecule has 4 N–H and O–H groups in total. The summed E-state index contributed by atoms with van der Waals surface area (Å²) in [6.45, 7) is 0.672. The predicted octanol–water partition coefficient (Wildman–Crippen LogP) is 3.32. The predicted molar refractivity (Wildman–Crippen MR) is 104 cm³/mol. The molecule has 2 aromatic heterocycles. The highest BCUT2D eigenvalue weighted by Gasteiger charge is 2.01. The molecule has 3 aromatic rings. The molecule has 130 valence electrons. The number of nitrogens with two attached hydrogens (primary N) is 1. The van der Waals surface area contributed by atoms with Gasteiger partial charge in [-0.05, 0) is 53.6 Å². The molecule has 0 fully saturated rings. The van der Waals surface area contributed by atoms with Gasteiger partial charge >= 0.3 is 0 Å². The number of anilines is 3. The van der Waals surface area contributed by atoms with Crippen molar-refractivity contribution in [3.05, 3.63) is 84.3 Å². The van der Waals surface area contributed by atoms with E-state index >= 15 is 0 Å². The van der Waals surface area contributed by atoms with Gasteiger partial charge in [-0.15, -0.1) is 0 Å². The van der Waals surface area contributed by atoms with E-state index in [0.717, 1.165) is 16.9 Å². The summed E-state index contributed by atoms with van der Waals surface area (Å²) >= 11 is 0. The molecule has 1 aromatic carbocycles. The van der Waals surface area contributed by atoms with Gasteiger partial charge in [-0.25, -0.2) is 4.98 Å². The maximum atomic E-state index is 12.0. The van der Waals surface area contributed by atoms with E-state index < -0.39 is 0 Å². The molecule has 0 saturated carbocycles. The van der Waals surface area contributed by atoms with Gasteiger partial charge in [0.15, 0.2) is 0 Å². The molecule has 6 nitrogen and oxygen atoms in total. The van der Waals surface area contributed by atoms with Gasteiger partial charge in [0.2, 0.25) is 5.91 Å². The first-order chi connectivity index (χ1) is 12.7. The second-order valence-corrected chi connectivity index (χ2v) is 5.60. The number of nitrogen functional groups attached to an aromatic ring is 1. The third-order valence-corrected chi connectivity index (χ3v) is 3.66. The normalized spacial score (nSPS) is 10.6. The first-order valence-corrected chi connectivity index (χ1v) is 8.13. The second-order valence-electron chi connectivity index (χ2n) is 5.60. The summed E-state index contributed by atoms with van der Waals surface area (Å²) < 4.78 is 0. The molecule has 1 amide bonds. The molecule has 26 heavy (non-hydrogen) atoms. The molecular weight excluding hydrogens is 326 g/mol. The third-order valence-electron chi connectivity index (χ3n) is 3.66. The van der Waals surface area contributed by atoms with Crippen molar-refractivity contribution in [2.45, 2.75) is 6.54 Å². The summed E-state index contributed by atoms with van der Waals surface area (Å²) in [6, 6.07) is 14.8. The van der Waals surface area contributed by atoms with E-state index in [0.29, 0.717) is 17.9 Å². The van der Waals surface area contributed by atoms with Crippen LogP contribution in [0.3, 0.4) is 0 Å². The van der Waals surface area contributed by atoms with Crippen LogP contribution in [0, 0.1) is 0 Å². The highest BCUT2D eigenvalue weighted by Crippen LogP contribution is 2.16. The van der Waals surface area contributed by atoms with Crippen LogP contribution in [-0.2, 0) is 11.3 Å². The number of aromatic nitrogens is 2. The molecule has 0 bridgehead atoms. The van der Waals surface area contributed by atoms with E-state index in [-0.39, 0.29) is 5.91 Å². The Morgan fingerprint density at radius 3 is 2.62 bits per heavy atom. The number of pyridine rings is 2. The molecule has 0 radical (unpaired) electrons. The largest absolute Gasteiger partial charge is 0.397 e. The number of amides is 1. The van der Waals surface area contributed by atoms with E-state index in [1.807, 2.05) is 36.4 Å². The van der Waals surface area contributed by atoms with Gasteiger partial charge in [0.05, 0.1) is 11.4 Å². The molecule has 6 heteroatoms. The quantitative estimate of drug-likeness (QED) is 0.471. The molecule has 0 spiro atoms. The third kappa shape index (κ3) is 4.91. The van der Waals surface area contributed by atoms with E-state index in [1.165, 1.54) is 6.08 Å². The fourth-order valence-corrected chi connectivity index (χ4v) is 2.26. The average Bonchev–Trinajstić information content (AvgIpc) is 2.68. The van der Waals surface area contributed by atoms with Crippen molar-refractivity contribution in [2.24, 2.45) is 0 Å². The minimum atomic E-state index is -0.247. The van der Waals surface area contributed by atoms with Crippen LogP contribution in [0.5, 0.6) is 0 Å². The van der Waals surface area contributed by atoms with Gasteiger partial charge in [0, 0.05) is 31.2 Å². The van der Waals surface area contributed by atoms with Crippen LogP contribution in [0.1, 0.15) is 11.1 Å². The summed E-state index contributed by atoms with van der Waals surface area (Å²) in [7, 11) is 0. The Hall–Kier alpha value is -3.67. The Labute approximate surface area is 151 Å². The Morgan fingerprint density at radius 1 is 1.08 bits per heavy atom. The van der Waals surface area contributed by atoms with Crippen molar-refractivity contribution in [3.8, 4) is 0 Å². The number of rotatable bonds is 6. The Morgan fingerprint density at radius 2 is 1.88 bits per heavy atom. The Balaban J connectivity index is 1.54. The van der Waals surface area contributed by atoms with Gasteiger partial charge in [-0.2, -0.15) is 0 Å². The smallest absolute Gasteiger partial charge is 0.248 e. The monoisotopic (exact) mass is 345 g/mol. The number of nitrogens with zero attached hydrogens (tertiary/aromatic N) is 2.